The summed E-state index contributed by atoms with van der Waals surface area (Å²) in [5, 5.41) is 3.45. The van der Waals surface area contributed by atoms with Crippen LogP contribution in [0.15, 0.2) is 88.2 Å². The molecule has 5 nitrogen and oxygen atoms in total. The number of anilines is 1. The van der Waals surface area contributed by atoms with Gasteiger partial charge in [0.05, 0.1) is 10.6 Å². The van der Waals surface area contributed by atoms with Crippen LogP contribution >= 0.6 is 27.5 Å². The maximum absolute atomic E-state index is 13.2. The van der Waals surface area contributed by atoms with Crippen LogP contribution in [0, 0.1) is 0 Å². The SMILES string of the molecule is O=C(CN(c1cccc(Br)c1)S(=O)(=O)c1ccccc1)NCCc1ccc(Cl)cc1. The first-order chi connectivity index (χ1) is 14.4. The summed E-state index contributed by atoms with van der Waals surface area (Å²) in [6.45, 7) is 0.0620. The van der Waals surface area contributed by atoms with Gasteiger partial charge in [0.1, 0.15) is 6.54 Å². The Morgan fingerprint density at radius 3 is 2.33 bits per heavy atom. The number of hydrogen-bond donors (Lipinski definition) is 1. The van der Waals surface area contributed by atoms with E-state index in [9.17, 15) is 13.2 Å². The number of carbonyl (C=O) groups is 1. The zero-order valence-corrected chi connectivity index (χ0v) is 19.1. The number of amides is 1. The number of hydrogen-bond acceptors (Lipinski definition) is 3. The maximum Gasteiger partial charge on any atom is 0.264 e. The van der Waals surface area contributed by atoms with Gasteiger partial charge in [-0.3, -0.25) is 9.10 Å². The van der Waals surface area contributed by atoms with Gasteiger partial charge in [0.2, 0.25) is 5.91 Å². The van der Waals surface area contributed by atoms with Crippen molar-refractivity contribution in [3.63, 3.8) is 0 Å². The van der Waals surface area contributed by atoms with Crippen molar-refractivity contribution >= 4 is 49.1 Å². The van der Waals surface area contributed by atoms with Crippen molar-refractivity contribution < 1.29 is 13.2 Å². The van der Waals surface area contributed by atoms with Crippen LogP contribution in [0.5, 0.6) is 0 Å². The minimum atomic E-state index is -3.91. The Balaban J connectivity index is 1.75. The molecule has 30 heavy (non-hydrogen) atoms. The molecule has 8 heteroatoms. The smallest absolute Gasteiger partial charge is 0.264 e. The molecule has 0 heterocycles. The number of rotatable bonds is 8. The standard InChI is InChI=1S/C22H20BrClN2O3S/c23-18-5-4-6-20(15-18)26(30(28,29)21-7-2-1-3-8-21)16-22(27)25-14-13-17-9-11-19(24)12-10-17/h1-12,15H,13-14,16H2,(H,25,27). The van der Waals surface area contributed by atoms with Gasteiger partial charge in [0, 0.05) is 16.0 Å². The van der Waals surface area contributed by atoms with Crippen molar-refractivity contribution in [1.82, 2.24) is 5.32 Å². The molecule has 0 saturated heterocycles. The lowest BCUT2D eigenvalue weighted by molar-refractivity contribution is -0.119. The minimum Gasteiger partial charge on any atom is -0.354 e. The number of carbonyl (C=O) groups excluding carboxylic acids is 1. The number of halogens is 2. The molecule has 3 aromatic carbocycles. The van der Waals surface area contributed by atoms with E-state index in [-0.39, 0.29) is 17.3 Å². The summed E-state index contributed by atoms with van der Waals surface area (Å²) in [5.74, 6) is -0.386. The van der Waals surface area contributed by atoms with Crippen molar-refractivity contribution in [2.45, 2.75) is 11.3 Å². The van der Waals surface area contributed by atoms with Crippen LogP contribution in [0.25, 0.3) is 0 Å². The van der Waals surface area contributed by atoms with Gasteiger partial charge in [-0.15, -0.1) is 0 Å². The summed E-state index contributed by atoms with van der Waals surface area (Å²) in [4.78, 5) is 12.7. The Hall–Kier alpha value is -2.35. The third-order valence-electron chi connectivity index (χ3n) is 4.36. The summed E-state index contributed by atoms with van der Waals surface area (Å²) in [6, 6.07) is 22.3. The lowest BCUT2D eigenvalue weighted by atomic mass is 10.1. The largest absolute Gasteiger partial charge is 0.354 e. The first kappa shape index (κ1) is 22.3. The summed E-state index contributed by atoms with van der Waals surface area (Å²) >= 11 is 9.24. The number of benzene rings is 3. The fraction of sp³-hybridized carbons (Fsp3) is 0.136. The van der Waals surface area contributed by atoms with E-state index in [1.54, 1.807) is 54.6 Å². The van der Waals surface area contributed by atoms with Gasteiger partial charge in [-0.1, -0.05) is 63.9 Å². The van der Waals surface area contributed by atoms with Crippen molar-refractivity contribution in [2.75, 3.05) is 17.4 Å². The molecule has 1 N–H and O–H groups in total. The van der Waals surface area contributed by atoms with Crippen LogP contribution in [0.4, 0.5) is 5.69 Å². The zero-order valence-electron chi connectivity index (χ0n) is 16.0. The van der Waals surface area contributed by atoms with Gasteiger partial charge >= 0.3 is 0 Å². The van der Waals surface area contributed by atoms with Crippen molar-refractivity contribution in [1.29, 1.82) is 0 Å². The molecule has 0 bridgehead atoms. The van der Waals surface area contributed by atoms with Crippen LogP contribution in [-0.4, -0.2) is 27.4 Å². The highest BCUT2D eigenvalue weighted by Crippen LogP contribution is 2.26. The Kier molecular flexibility index (Phi) is 7.53. The predicted octanol–water partition coefficient (Wildman–Crippen LogP) is 4.66. The molecule has 1 amide bonds. The fourth-order valence-electron chi connectivity index (χ4n) is 2.85. The monoisotopic (exact) mass is 506 g/mol. The van der Waals surface area contributed by atoms with E-state index in [4.69, 9.17) is 11.6 Å². The molecule has 156 valence electrons. The third-order valence-corrected chi connectivity index (χ3v) is 6.90. The molecule has 0 aliphatic carbocycles. The fourth-order valence-corrected chi connectivity index (χ4v) is 4.80. The molecule has 0 aromatic heterocycles. The van der Waals surface area contributed by atoms with Crippen LogP contribution in [0.1, 0.15) is 5.56 Å². The molecule has 0 spiro atoms. The summed E-state index contributed by atoms with van der Waals surface area (Å²) in [5.41, 5.74) is 1.43. The van der Waals surface area contributed by atoms with E-state index >= 15 is 0 Å². The van der Waals surface area contributed by atoms with E-state index in [1.807, 2.05) is 12.1 Å². The maximum atomic E-state index is 13.2. The minimum absolute atomic E-state index is 0.124. The second-order valence-electron chi connectivity index (χ2n) is 6.53. The molecule has 0 atom stereocenters. The van der Waals surface area contributed by atoms with Crippen molar-refractivity contribution in [3.05, 3.63) is 93.9 Å². The van der Waals surface area contributed by atoms with Gasteiger partial charge in [-0.2, -0.15) is 0 Å². The van der Waals surface area contributed by atoms with Crippen molar-refractivity contribution in [3.8, 4) is 0 Å². The zero-order chi connectivity index (χ0) is 21.6. The van der Waals surface area contributed by atoms with Crippen LogP contribution in [0.3, 0.4) is 0 Å². The number of nitrogens with zero attached hydrogens (tertiary/aromatic N) is 1. The topological polar surface area (TPSA) is 66.5 Å². The van der Waals surface area contributed by atoms with E-state index in [0.29, 0.717) is 23.7 Å². The van der Waals surface area contributed by atoms with E-state index in [1.165, 1.54) is 12.1 Å². The first-order valence-electron chi connectivity index (χ1n) is 9.21. The second-order valence-corrected chi connectivity index (χ2v) is 9.75. The lowest BCUT2D eigenvalue weighted by Gasteiger charge is -2.24. The molecule has 0 radical (unpaired) electrons. The highest BCUT2D eigenvalue weighted by Gasteiger charge is 2.27. The van der Waals surface area contributed by atoms with Gasteiger partial charge in [0.15, 0.2) is 0 Å². The Morgan fingerprint density at radius 1 is 0.967 bits per heavy atom. The average Bonchev–Trinajstić information content (AvgIpc) is 2.74. The highest BCUT2D eigenvalue weighted by molar-refractivity contribution is 9.10. The number of nitrogens with one attached hydrogen (secondary N) is 1. The quantitative estimate of drug-likeness (QED) is 0.482. The molecule has 3 aromatic rings. The summed E-state index contributed by atoms with van der Waals surface area (Å²) < 4.78 is 28.3. The summed E-state index contributed by atoms with van der Waals surface area (Å²) in [7, 11) is -3.91. The van der Waals surface area contributed by atoms with E-state index in [0.717, 1.165) is 14.3 Å². The van der Waals surface area contributed by atoms with Gasteiger partial charge in [-0.05, 0) is 54.4 Å². The molecule has 0 unspecified atom stereocenters. The van der Waals surface area contributed by atoms with Crippen LogP contribution in [-0.2, 0) is 21.2 Å². The first-order valence-corrected chi connectivity index (χ1v) is 11.8. The van der Waals surface area contributed by atoms with Gasteiger partial charge in [0.25, 0.3) is 10.0 Å². The molecule has 0 fully saturated rings. The molecular formula is C22H20BrClN2O3S. The normalized spacial score (nSPS) is 11.1. The number of sulfonamides is 1. The molecular weight excluding hydrogens is 488 g/mol. The Morgan fingerprint density at radius 2 is 1.67 bits per heavy atom. The van der Waals surface area contributed by atoms with Crippen LogP contribution < -0.4 is 9.62 Å². The molecule has 3 rings (SSSR count). The highest BCUT2D eigenvalue weighted by atomic mass is 79.9. The predicted molar refractivity (Wildman–Crippen MR) is 123 cm³/mol. The Bertz CT molecular complexity index is 1110. The third kappa shape index (κ3) is 5.84. The average molecular weight is 508 g/mol. The molecule has 0 saturated carbocycles. The lowest BCUT2D eigenvalue weighted by Crippen LogP contribution is -2.41. The van der Waals surface area contributed by atoms with Crippen LogP contribution in [0.2, 0.25) is 5.02 Å². The second kappa shape index (κ2) is 10.1. The van der Waals surface area contributed by atoms with Gasteiger partial charge < -0.3 is 5.32 Å². The van der Waals surface area contributed by atoms with E-state index < -0.39 is 10.0 Å². The molecule has 0 aliphatic rings. The van der Waals surface area contributed by atoms with Gasteiger partial charge in [-0.25, -0.2) is 8.42 Å². The molecule has 0 aliphatic heterocycles. The van der Waals surface area contributed by atoms with Crippen molar-refractivity contribution in [2.24, 2.45) is 0 Å². The Labute approximate surface area is 189 Å². The van der Waals surface area contributed by atoms with E-state index in [2.05, 4.69) is 21.2 Å². The summed E-state index contributed by atoms with van der Waals surface area (Å²) in [6.07, 6.45) is 0.616.